The van der Waals surface area contributed by atoms with Gasteiger partial charge in [-0.3, -0.25) is 14.4 Å². The van der Waals surface area contributed by atoms with E-state index < -0.39 is 46.1 Å². The van der Waals surface area contributed by atoms with E-state index >= 15 is 0 Å². The largest absolute Gasteiger partial charge is 0.346 e. The van der Waals surface area contributed by atoms with E-state index in [4.69, 9.17) is 0 Å². The van der Waals surface area contributed by atoms with Gasteiger partial charge in [-0.2, -0.15) is 4.72 Å². The molecule has 0 aliphatic heterocycles. The predicted octanol–water partition coefficient (Wildman–Crippen LogP) is 1.34. The number of rotatable bonds is 8. The molecule has 0 fully saturated rings. The van der Waals surface area contributed by atoms with Gasteiger partial charge in [0.05, 0.1) is 17.5 Å². The summed E-state index contributed by atoms with van der Waals surface area (Å²) in [6, 6.07) is 6.85. The van der Waals surface area contributed by atoms with Crippen LogP contribution in [0, 0.1) is 11.6 Å². The lowest BCUT2D eigenvalue weighted by Crippen LogP contribution is -2.46. The number of hydrogen-bond donors (Lipinski definition) is 4. The molecule has 0 spiro atoms. The molecule has 2 rings (SSSR count). The highest BCUT2D eigenvalue weighted by molar-refractivity contribution is 7.89. The van der Waals surface area contributed by atoms with Crippen LogP contribution in [0.5, 0.6) is 0 Å². The number of benzene rings is 2. The molecule has 12 heteroatoms. The number of carbonyl (C=O) groups is 3. The maximum absolute atomic E-state index is 13.1. The second-order valence-electron chi connectivity index (χ2n) is 6.44. The van der Waals surface area contributed by atoms with Crippen molar-refractivity contribution < 1.29 is 31.6 Å². The molecule has 2 aromatic rings. The zero-order valence-electron chi connectivity index (χ0n) is 16.5. The van der Waals surface area contributed by atoms with Gasteiger partial charge in [0.25, 0.3) is 0 Å². The number of sulfonamides is 1. The summed E-state index contributed by atoms with van der Waals surface area (Å²) in [5.74, 6) is -4.03. The van der Waals surface area contributed by atoms with E-state index in [1.807, 2.05) is 0 Å². The first-order valence-electron chi connectivity index (χ1n) is 8.90. The molecule has 1 unspecified atom stereocenters. The van der Waals surface area contributed by atoms with Gasteiger partial charge in [-0.15, -0.1) is 0 Å². The van der Waals surface area contributed by atoms with E-state index in [9.17, 15) is 31.6 Å². The van der Waals surface area contributed by atoms with Crippen molar-refractivity contribution in [2.24, 2.45) is 0 Å². The molecule has 0 saturated heterocycles. The van der Waals surface area contributed by atoms with Crippen LogP contribution in [-0.2, 0) is 24.4 Å². The summed E-state index contributed by atoms with van der Waals surface area (Å²) in [6.45, 7) is 2.08. The van der Waals surface area contributed by atoms with Crippen molar-refractivity contribution in [3.05, 3.63) is 54.1 Å². The van der Waals surface area contributed by atoms with Crippen molar-refractivity contribution in [3.63, 3.8) is 0 Å². The van der Waals surface area contributed by atoms with Crippen LogP contribution in [0.15, 0.2) is 47.4 Å². The molecular weight excluding hydrogens is 434 g/mol. The lowest BCUT2D eigenvalue weighted by atomic mass is 10.3. The van der Waals surface area contributed by atoms with E-state index in [2.05, 4.69) is 20.7 Å². The first-order valence-corrected chi connectivity index (χ1v) is 10.4. The molecule has 0 heterocycles. The summed E-state index contributed by atoms with van der Waals surface area (Å²) in [7, 11) is -4.05. The normalized spacial score (nSPS) is 12.0. The fourth-order valence-electron chi connectivity index (χ4n) is 2.37. The third kappa shape index (κ3) is 7.12. The molecule has 1 atom stereocenters. The highest BCUT2D eigenvalue weighted by atomic mass is 32.2. The monoisotopic (exact) mass is 454 g/mol. The lowest BCUT2D eigenvalue weighted by Gasteiger charge is -2.15. The van der Waals surface area contributed by atoms with Crippen LogP contribution in [-0.4, -0.2) is 38.7 Å². The van der Waals surface area contributed by atoms with E-state index in [1.165, 1.54) is 38.1 Å². The predicted molar refractivity (Wildman–Crippen MR) is 109 cm³/mol. The quantitative estimate of drug-likeness (QED) is 0.478. The minimum atomic E-state index is -4.05. The number of amides is 3. The first kappa shape index (κ1) is 23.9. The lowest BCUT2D eigenvalue weighted by molar-refractivity contribution is -0.125. The van der Waals surface area contributed by atoms with Gasteiger partial charge >= 0.3 is 0 Å². The number of carbonyl (C=O) groups excluding carboxylic acids is 3. The Hall–Kier alpha value is -3.38. The first-order chi connectivity index (χ1) is 14.5. The molecule has 0 saturated carbocycles. The van der Waals surface area contributed by atoms with Crippen molar-refractivity contribution >= 4 is 39.1 Å². The zero-order valence-corrected chi connectivity index (χ0v) is 17.3. The van der Waals surface area contributed by atoms with Crippen LogP contribution in [0.2, 0.25) is 0 Å². The summed E-state index contributed by atoms with van der Waals surface area (Å²) in [5, 5.41) is 7.01. The molecular formula is C19H20F2N4O5S. The minimum Gasteiger partial charge on any atom is -0.346 e. The Morgan fingerprint density at radius 1 is 0.935 bits per heavy atom. The zero-order chi connectivity index (χ0) is 23.2. The van der Waals surface area contributed by atoms with Gasteiger partial charge in [-0.1, -0.05) is 0 Å². The Morgan fingerprint density at radius 2 is 1.55 bits per heavy atom. The van der Waals surface area contributed by atoms with Crippen molar-refractivity contribution in [2.45, 2.75) is 24.8 Å². The summed E-state index contributed by atoms with van der Waals surface area (Å²) in [4.78, 5) is 34.8. The summed E-state index contributed by atoms with van der Waals surface area (Å²) < 4.78 is 53.0. The summed E-state index contributed by atoms with van der Waals surface area (Å²) in [6.07, 6.45) is 0. The Kier molecular flexibility index (Phi) is 7.78. The van der Waals surface area contributed by atoms with Gasteiger partial charge in [0, 0.05) is 24.4 Å². The van der Waals surface area contributed by atoms with Crippen LogP contribution >= 0.6 is 0 Å². The Bertz CT molecular complexity index is 1090. The van der Waals surface area contributed by atoms with E-state index in [0.717, 1.165) is 18.2 Å². The van der Waals surface area contributed by atoms with Crippen LogP contribution in [0.4, 0.5) is 20.2 Å². The molecule has 0 aliphatic carbocycles. The second kappa shape index (κ2) is 10.1. The SMILES string of the molecule is CC(=O)Nc1ccc(S(=O)(=O)NC(C)C(=O)NCC(=O)Nc2ccc(F)c(F)c2)cc1. The number of halogens is 2. The number of hydrogen-bond acceptors (Lipinski definition) is 5. The van der Waals surface area contributed by atoms with Crippen LogP contribution < -0.4 is 20.7 Å². The number of anilines is 2. The Labute approximate surface area is 177 Å². The molecule has 0 radical (unpaired) electrons. The van der Waals surface area contributed by atoms with Gasteiger partial charge in [-0.05, 0) is 43.3 Å². The van der Waals surface area contributed by atoms with Gasteiger partial charge in [-0.25, -0.2) is 17.2 Å². The van der Waals surface area contributed by atoms with Gasteiger partial charge in [0.1, 0.15) is 0 Å². The standard InChI is InChI=1S/C19H20F2N4O5S/c1-11(25-31(29,30)15-6-3-13(4-7-15)23-12(2)26)19(28)22-10-18(27)24-14-5-8-16(20)17(21)9-14/h3-9,11,25H,10H2,1-2H3,(H,22,28)(H,23,26)(H,24,27). The maximum Gasteiger partial charge on any atom is 0.243 e. The molecule has 0 bridgehead atoms. The smallest absolute Gasteiger partial charge is 0.243 e. The van der Waals surface area contributed by atoms with Crippen molar-refractivity contribution in [1.82, 2.24) is 10.0 Å². The molecule has 9 nitrogen and oxygen atoms in total. The Balaban J connectivity index is 1.89. The molecule has 3 amide bonds. The van der Waals surface area contributed by atoms with E-state index in [-0.39, 0.29) is 16.5 Å². The molecule has 0 aliphatic rings. The van der Waals surface area contributed by atoms with Crippen LogP contribution in [0.1, 0.15) is 13.8 Å². The highest BCUT2D eigenvalue weighted by Crippen LogP contribution is 2.15. The highest BCUT2D eigenvalue weighted by Gasteiger charge is 2.22. The molecule has 166 valence electrons. The minimum absolute atomic E-state index is 0.00499. The fraction of sp³-hybridized carbons (Fsp3) is 0.211. The van der Waals surface area contributed by atoms with Crippen LogP contribution in [0.25, 0.3) is 0 Å². The number of nitrogens with one attached hydrogen (secondary N) is 4. The average Bonchev–Trinajstić information content (AvgIpc) is 2.68. The second-order valence-corrected chi connectivity index (χ2v) is 8.16. The third-order valence-electron chi connectivity index (χ3n) is 3.84. The average molecular weight is 454 g/mol. The molecule has 2 aromatic carbocycles. The summed E-state index contributed by atoms with van der Waals surface area (Å²) in [5.41, 5.74) is 0.402. The summed E-state index contributed by atoms with van der Waals surface area (Å²) >= 11 is 0. The van der Waals surface area contributed by atoms with Crippen molar-refractivity contribution in [1.29, 1.82) is 0 Å². The van der Waals surface area contributed by atoms with Gasteiger partial charge in [0.2, 0.25) is 27.7 Å². The van der Waals surface area contributed by atoms with Crippen LogP contribution in [0.3, 0.4) is 0 Å². The topological polar surface area (TPSA) is 133 Å². The van der Waals surface area contributed by atoms with E-state index in [0.29, 0.717) is 5.69 Å². The van der Waals surface area contributed by atoms with Gasteiger partial charge in [0.15, 0.2) is 11.6 Å². The van der Waals surface area contributed by atoms with Crippen molar-refractivity contribution in [3.8, 4) is 0 Å². The molecule has 31 heavy (non-hydrogen) atoms. The molecule has 0 aromatic heterocycles. The van der Waals surface area contributed by atoms with Gasteiger partial charge < -0.3 is 16.0 Å². The van der Waals surface area contributed by atoms with E-state index in [1.54, 1.807) is 0 Å². The Morgan fingerprint density at radius 3 is 2.13 bits per heavy atom. The third-order valence-corrected chi connectivity index (χ3v) is 5.39. The van der Waals surface area contributed by atoms with Crippen molar-refractivity contribution in [2.75, 3.05) is 17.2 Å². The fourth-order valence-corrected chi connectivity index (χ4v) is 3.58. The molecule has 4 N–H and O–H groups in total. The maximum atomic E-state index is 13.1.